The second-order valence-corrected chi connectivity index (χ2v) is 6.78. The maximum atomic E-state index is 13.2. The molecule has 0 atom stereocenters. The fourth-order valence-electron chi connectivity index (χ4n) is 3.09. The molecular formula is C18H12Cl2F3N3. The highest BCUT2D eigenvalue weighted by molar-refractivity contribution is 6.31. The van der Waals surface area contributed by atoms with Gasteiger partial charge in [-0.2, -0.15) is 18.3 Å². The van der Waals surface area contributed by atoms with Crippen molar-refractivity contribution in [3.63, 3.8) is 0 Å². The lowest BCUT2D eigenvalue weighted by molar-refractivity contribution is -0.137. The van der Waals surface area contributed by atoms with Crippen LogP contribution in [0.1, 0.15) is 11.1 Å². The van der Waals surface area contributed by atoms with Crippen LogP contribution in [0.15, 0.2) is 42.5 Å². The molecule has 0 spiro atoms. The first-order chi connectivity index (χ1) is 12.3. The number of anilines is 1. The minimum absolute atomic E-state index is 0.328. The molecule has 0 aliphatic carbocycles. The summed E-state index contributed by atoms with van der Waals surface area (Å²) in [7, 11) is 0. The number of nitrogens with one attached hydrogen (secondary N) is 1. The first-order valence-electron chi connectivity index (χ1n) is 7.83. The molecule has 2 heterocycles. The van der Waals surface area contributed by atoms with Crippen molar-refractivity contribution in [3.05, 3.63) is 63.6 Å². The molecule has 0 saturated carbocycles. The average Bonchev–Trinajstić information content (AvgIpc) is 3.16. The van der Waals surface area contributed by atoms with E-state index in [1.54, 1.807) is 28.9 Å². The number of alkyl halides is 3. The molecule has 3 nitrogen and oxygen atoms in total. The van der Waals surface area contributed by atoms with Gasteiger partial charge in [0.1, 0.15) is 5.82 Å². The summed E-state index contributed by atoms with van der Waals surface area (Å²) < 4.78 is 41.3. The molecule has 0 bridgehead atoms. The standard InChI is InChI=1S/C18H12Cl2F3N3/c19-11-2-1-3-12(9-11)26-17-13(6-7-24-17)16(25-26)10-4-5-15(20)14(8-10)18(21,22)23/h1-5,8-9,24H,6-7H2. The summed E-state index contributed by atoms with van der Waals surface area (Å²) in [5, 5.41) is 8.02. The largest absolute Gasteiger partial charge is 0.417 e. The lowest BCUT2D eigenvalue weighted by Crippen LogP contribution is -2.06. The van der Waals surface area contributed by atoms with Crippen LogP contribution in [-0.2, 0) is 12.6 Å². The molecule has 0 amide bonds. The van der Waals surface area contributed by atoms with Crippen LogP contribution in [0.3, 0.4) is 0 Å². The summed E-state index contributed by atoms with van der Waals surface area (Å²) in [6.45, 7) is 0.695. The lowest BCUT2D eigenvalue weighted by atomic mass is 10.0. The maximum Gasteiger partial charge on any atom is 0.417 e. The Morgan fingerprint density at radius 1 is 1.08 bits per heavy atom. The lowest BCUT2D eigenvalue weighted by Gasteiger charge is -2.10. The molecule has 4 rings (SSSR count). The van der Waals surface area contributed by atoms with Gasteiger partial charge in [0.2, 0.25) is 0 Å². The predicted molar refractivity (Wildman–Crippen MR) is 96.2 cm³/mol. The third kappa shape index (κ3) is 2.93. The minimum atomic E-state index is -4.52. The van der Waals surface area contributed by atoms with Crippen molar-refractivity contribution in [2.45, 2.75) is 12.6 Å². The number of rotatable bonds is 2. The Kier molecular flexibility index (Phi) is 4.12. The summed E-state index contributed by atoms with van der Waals surface area (Å²) in [5.74, 6) is 0.769. The Hall–Kier alpha value is -2.18. The summed E-state index contributed by atoms with van der Waals surface area (Å²) >= 11 is 11.8. The van der Waals surface area contributed by atoms with Gasteiger partial charge in [-0.15, -0.1) is 0 Å². The van der Waals surface area contributed by atoms with E-state index in [-0.39, 0.29) is 5.02 Å². The van der Waals surface area contributed by atoms with E-state index in [0.29, 0.717) is 29.2 Å². The number of fused-ring (bicyclic) bond motifs is 1. The molecule has 0 radical (unpaired) electrons. The zero-order valence-corrected chi connectivity index (χ0v) is 14.8. The van der Waals surface area contributed by atoms with Crippen LogP contribution >= 0.6 is 23.2 Å². The first-order valence-corrected chi connectivity index (χ1v) is 8.59. The number of hydrogen-bond acceptors (Lipinski definition) is 2. The number of halogens is 5. The molecule has 1 N–H and O–H groups in total. The van der Waals surface area contributed by atoms with E-state index in [1.165, 1.54) is 6.07 Å². The van der Waals surface area contributed by atoms with Crippen LogP contribution in [0.4, 0.5) is 19.0 Å². The highest BCUT2D eigenvalue weighted by Gasteiger charge is 2.34. The van der Waals surface area contributed by atoms with Crippen LogP contribution in [-0.4, -0.2) is 16.3 Å². The van der Waals surface area contributed by atoms with E-state index in [2.05, 4.69) is 10.4 Å². The van der Waals surface area contributed by atoms with Crippen molar-refractivity contribution in [3.8, 4) is 16.9 Å². The number of nitrogens with zero attached hydrogens (tertiary/aromatic N) is 2. The Morgan fingerprint density at radius 3 is 2.62 bits per heavy atom. The van der Waals surface area contributed by atoms with Gasteiger partial charge in [-0.3, -0.25) is 0 Å². The van der Waals surface area contributed by atoms with E-state index in [1.807, 2.05) is 6.07 Å². The van der Waals surface area contributed by atoms with Gasteiger partial charge in [0.25, 0.3) is 0 Å². The Bertz CT molecular complexity index is 996. The summed E-state index contributed by atoms with van der Waals surface area (Å²) in [5.41, 5.74) is 1.63. The number of benzene rings is 2. The molecule has 1 aliphatic heterocycles. The molecule has 134 valence electrons. The van der Waals surface area contributed by atoms with Crippen LogP contribution < -0.4 is 5.32 Å². The van der Waals surface area contributed by atoms with Gasteiger partial charge < -0.3 is 5.32 Å². The second kappa shape index (κ2) is 6.21. The number of aromatic nitrogens is 2. The topological polar surface area (TPSA) is 29.9 Å². The van der Waals surface area contributed by atoms with Crippen molar-refractivity contribution < 1.29 is 13.2 Å². The fourth-order valence-corrected chi connectivity index (χ4v) is 3.50. The summed E-state index contributed by atoms with van der Waals surface area (Å²) in [6, 6.07) is 11.0. The van der Waals surface area contributed by atoms with E-state index >= 15 is 0 Å². The molecule has 0 unspecified atom stereocenters. The molecule has 8 heteroatoms. The van der Waals surface area contributed by atoms with Crippen LogP contribution in [0, 0.1) is 0 Å². The smallest absolute Gasteiger partial charge is 0.369 e. The molecule has 3 aromatic rings. The van der Waals surface area contributed by atoms with Gasteiger partial charge in [0, 0.05) is 22.7 Å². The van der Waals surface area contributed by atoms with Gasteiger partial charge in [-0.05, 0) is 36.8 Å². The highest BCUT2D eigenvalue weighted by Crippen LogP contribution is 2.40. The molecule has 1 aliphatic rings. The summed E-state index contributed by atoms with van der Waals surface area (Å²) in [6.07, 6.45) is -3.85. The van der Waals surface area contributed by atoms with Crippen LogP contribution in [0.5, 0.6) is 0 Å². The van der Waals surface area contributed by atoms with Crippen molar-refractivity contribution in [2.75, 3.05) is 11.9 Å². The van der Waals surface area contributed by atoms with Gasteiger partial charge >= 0.3 is 6.18 Å². The van der Waals surface area contributed by atoms with Crippen molar-refractivity contribution in [1.82, 2.24) is 9.78 Å². The molecule has 0 saturated heterocycles. The average molecular weight is 398 g/mol. The SMILES string of the molecule is FC(F)(F)c1cc(-c2nn(-c3cccc(Cl)c3)c3c2CCN3)ccc1Cl. The molecule has 26 heavy (non-hydrogen) atoms. The fraction of sp³-hybridized carbons (Fsp3) is 0.167. The van der Waals surface area contributed by atoms with Crippen molar-refractivity contribution >= 4 is 29.0 Å². The quantitative estimate of drug-likeness (QED) is 0.589. The zero-order valence-electron chi connectivity index (χ0n) is 13.2. The molecule has 0 fully saturated rings. The van der Waals surface area contributed by atoms with Gasteiger partial charge in [0.15, 0.2) is 0 Å². The van der Waals surface area contributed by atoms with Gasteiger partial charge in [-0.1, -0.05) is 35.3 Å². The molecule has 1 aromatic heterocycles. The van der Waals surface area contributed by atoms with Crippen molar-refractivity contribution in [2.24, 2.45) is 0 Å². The van der Waals surface area contributed by atoms with Gasteiger partial charge in [0.05, 0.1) is 22.0 Å². The Balaban J connectivity index is 1.88. The summed E-state index contributed by atoms with van der Waals surface area (Å²) in [4.78, 5) is 0. The zero-order chi connectivity index (χ0) is 18.5. The van der Waals surface area contributed by atoms with Crippen LogP contribution in [0.2, 0.25) is 10.0 Å². The van der Waals surface area contributed by atoms with E-state index in [0.717, 1.165) is 23.1 Å². The first kappa shape index (κ1) is 17.2. The number of hydrogen-bond donors (Lipinski definition) is 1. The maximum absolute atomic E-state index is 13.2. The molecular weight excluding hydrogens is 386 g/mol. The predicted octanol–water partition coefficient (Wildman–Crippen LogP) is 5.83. The molecule has 2 aromatic carbocycles. The van der Waals surface area contributed by atoms with Crippen molar-refractivity contribution in [1.29, 1.82) is 0 Å². The van der Waals surface area contributed by atoms with E-state index in [4.69, 9.17) is 23.2 Å². The highest BCUT2D eigenvalue weighted by atomic mass is 35.5. The third-order valence-corrected chi connectivity index (χ3v) is 4.81. The second-order valence-electron chi connectivity index (χ2n) is 5.94. The third-order valence-electron chi connectivity index (χ3n) is 4.25. The normalized spacial score (nSPS) is 13.6. The van der Waals surface area contributed by atoms with E-state index < -0.39 is 11.7 Å². The Labute approximate surface area is 157 Å². The monoisotopic (exact) mass is 397 g/mol. The van der Waals surface area contributed by atoms with E-state index in [9.17, 15) is 13.2 Å². The minimum Gasteiger partial charge on any atom is -0.369 e. The van der Waals surface area contributed by atoms with Gasteiger partial charge in [-0.25, -0.2) is 4.68 Å². The van der Waals surface area contributed by atoms with Crippen LogP contribution in [0.25, 0.3) is 16.9 Å². The Morgan fingerprint density at radius 2 is 1.88 bits per heavy atom.